The quantitative estimate of drug-likeness (QED) is 0.720. The van der Waals surface area contributed by atoms with Crippen LogP contribution in [-0.4, -0.2) is 34.7 Å². The molecule has 1 aromatic rings. The molecule has 0 aromatic heterocycles. The summed E-state index contributed by atoms with van der Waals surface area (Å²) in [5, 5.41) is 21.3. The molecular formula is C10H10BrCl2NO3. The molecule has 0 amide bonds. The normalized spacial score (nSPS) is 12.2. The van der Waals surface area contributed by atoms with Crippen LogP contribution >= 0.6 is 39.1 Å². The van der Waals surface area contributed by atoms with Crippen LogP contribution in [0.4, 0.5) is 5.69 Å². The number of alkyl halides is 1. The van der Waals surface area contributed by atoms with Gasteiger partial charge >= 0.3 is 5.97 Å². The van der Waals surface area contributed by atoms with E-state index in [9.17, 15) is 9.90 Å². The van der Waals surface area contributed by atoms with Crippen molar-refractivity contribution in [3.63, 3.8) is 0 Å². The number of anilines is 1. The van der Waals surface area contributed by atoms with Gasteiger partial charge in [0, 0.05) is 11.0 Å². The van der Waals surface area contributed by atoms with Crippen molar-refractivity contribution >= 4 is 50.8 Å². The van der Waals surface area contributed by atoms with Crippen molar-refractivity contribution in [1.82, 2.24) is 0 Å². The smallest absolute Gasteiger partial charge is 0.339 e. The summed E-state index contributed by atoms with van der Waals surface area (Å²) < 4.78 is 0.500. The summed E-state index contributed by atoms with van der Waals surface area (Å²) in [4.78, 5) is 11.1. The first kappa shape index (κ1) is 14.6. The van der Waals surface area contributed by atoms with E-state index in [2.05, 4.69) is 21.2 Å². The Labute approximate surface area is 117 Å². The molecule has 1 aromatic carbocycles. The van der Waals surface area contributed by atoms with Crippen molar-refractivity contribution in [3.8, 4) is 0 Å². The molecule has 94 valence electrons. The number of carbonyl (C=O) groups is 1. The second kappa shape index (κ2) is 6.44. The summed E-state index contributed by atoms with van der Waals surface area (Å²) in [7, 11) is 0. The molecule has 0 spiro atoms. The van der Waals surface area contributed by atoms with Gasteiger partial charge in [-0.25, -0.2) is 4.79 Å². The molecule has 0 saturated heterocycles. The molecular weight excluding hydrogens is 333 g/mol. The highest BCUT2D eigenvalue weighted by Gasteiger charge is 2.17. The van der Waals surface area contributed by atoms with E-state index in [0.717, 1.165) is 0 Å². The number of halogens is 3. The zero-order valence-electron chi connectivity index (χ0n) is 8.58. The molecule has 4 nitrogen and oxygen atoms in total. The van der Waals surface area contributed by atoms with Crippen molar-refractivity contribution in [2.45, 2.75) is 6.10 Å². The lowest BCUT2D eigenvalue weighted by atomic mass is 10.1. The van der Waals surface area contributed by atoms with E-state index in [0.29, 0.717) is 10.2 Å². The Morgan fingerprint density at radius 3 is 2.71 bits per heavy atom. The van der Waals surface area contributed by atoms with Crippen LogP contribution in [0.25, 0.3) is 0 Å². The van der Waals surface area contributed by atoms with Gasteiger partial charge in [-0.1, -0.05) is 11.6 Å². The Balaban J connectivity index is 2.99. The fourth-order valence-corrected chi connectivity index (χ4v) is 1.87. The van der Waals surface area contributed by atoms with Gasteiger partial charge in [-0.15, -0.1) is 11.6 Å². The summed E-state index contributed by atoms with van der Waals surface area (Å²) >= 11 is 14.5. The first-order valence-electron chi connectivity index (χ1n) is 4.66. The van der Waals surface area contributed by atoms with E-state index in [4.69, 9.17) is 28.3 Å². The summed E-state index contributed by atoms with van der Waals surface area (Å²) in [6, 6.07) is 3.20. The van der Waals surface area contributed by atoms with Crippen molar-refractivity contribution in [2.75, 3.05) is 17.7 Å². The number of carboxylic acids is 1. The highest BCUT2D eigenvalue weighted by Crippen LogP contribution is 2.31. The molecule has 0 aliphatic rings. The SMILES string of the molecule is O=C(O)c1c(NCC(O)CCl)ccc(Br)c1Cl. The lowest BCUT2D eigenvalue weighted by molar-refractivity contribution is 0.0698. The van der Waals surface area contributed by atoms with E-state index in [1.165, 1.54) is 0 Å². The van der Waals surface area contributed by atoms with Gasteiger partial charge in [0.25, 0.3) is 0 Å². The molecule has 1 unspecified atom stereocenters. The molecule has 0 fully saturated rings. The number of rotatable bonds is 5. The molecule has 3 N–H and O–H groups in total. The van der Waals surface area contributed by atoms with Crippen molar-refractivity contribution in [3.05, 3.63) is 27.2 Å². The number of benzene rings is 1. The summed E-state index contributed by atoms with van der Waals surface area (Å²) in [5.41, 5.74) is 0.303. The van der Waals surface area contributed by atoms with Crippen LogP contribution < -0.4 is 5.32 Å². The van der Waals surface area contributed by atoms with E-state index >= 15 is 0 Å². The van der Waals surface area contributed by atoms with Gasteiger partial charge < -0.3 is 15.5 Å². The van der Waals surface area contributed by atoms with Crippen LogP contribution in [0.1, 0.15) is 10.4 Å². The molecule has 0 saturated carbocycles. The molecule has 0 aliphatic carbocycles. The van der Waals surface area contributed by atoms with E-state index in [1.54, 1.807) is 12.1 Å². The predicted octanol–water partition coefficient (Wildman–Crippen LogP) is 2.81. The van der Waals surface area contributed by atoms with Gasteiger partial charge in [0.1, 0.15) is 5.56 Å². The van der Waals surface area contributed by atoms with E-state index < -0.39 is 12.1 Å². The molecule has 1 rings (SSSR count). The highest BCUT2D eigenvalue weighted by atomic mass is 79.9. The maximum Gasteiger partial charge on any atom is 0.339 e. The molecule has 1 atom stereocenters. The third-order valence-corrected chi connectivity index (χ3v) is 3.65. The summed E-state index contributed by atoms with van der Waals surface area (Å²) in [5.74, 6) is -1.07. The van der Waals surface area contributed by atoms with Crippen molar-refractivity contribution < 1.29 is 15.0 Å². The van der Waals surface area contributed by atoms with Crippen LogP contribution in [0.3, 0.4) is 0 Å². The van der Waals surface area contributed by atoms with Gasteiger partial charge in [-0.3, -0.25) is 0 Å². The number of nitrogens with one attached hydrogen (secondary N) is 1. The fraction of sp³-hybridized carbons (Fsp3) is 0.300. The van der Waals surface area contributed by atoms with E-state index in [-0.39, 0.29) is 23.0 Å². The van der Waals surface area contributed by atoms with E-state index in [1.807, 2.05) is 0 Å². The zero-order valence-corrected chi connectivity index (χ0v) is 11.7. The Hall–Kier alpha value is -0.490. The first-order valence-corrected chi connectivity index (χ1v) is 6.37. The summed E-state index contributed by atoms with van der Waals surface area (Å²) in [6.07, 6.45) is -0.749. The lowest BCUT2D eigenvalue weighted by Crippen LogP contribution is -2.22. The van der Waals surface area contributed by atoms with Gasteiger partial charge in [-0.05, 0) is 28.1 Å². The maximum atomic E-state index is 11.1. The van der Waals surface area contributed by atoms with Crippen LogP contribution in [-0.2, 0) is 0 Å². The molecule has 17 heavy (non-hydrogen) atoms. The second-order valence-corrected chi connectivity index (χ2v) is 4.82. The van der Waals surface area contributed by atoms with Crippen LogP contribution in [0, 0.1) is 0 Å². The van der Waals surface area contributed by atoms with Crippen LogP contribution in [0.5, 0.6) is 0 Å². The minimum atomic E-state index is -1.14. The molecule has 7 heteroatoms. The second-order valence-electron chi connectivity index (χ2n) is 3.28. The number of aromatic carboxylic acids is 1. The van der Waals surface area contributed by atoms with Crippen LogP contribution in [0.15, 0.2) is 16.6 Å². The third-order valence-electron chi connectivity index (χ3n) is 2.01. The summed E-state index contributed by atoms with van der Waals surface area (Å²) in [6.45, 7) is 0.155. The number of hydrogen-bond donors (Lipinski definition) is 3. The minimum absolute atomic E-state index is 0.0391. The topological polar surface area (TPSA) is 69.6 Å². The average molecular weight is 343 g/mol. The molecule has 0 heterocycles. The van der Waals surface area contributed by atoms with Crippen LogP contribution in [0.2, 0.25) is 5.02 Å². The average Bonchev–Trinajstić information content (AvgIpc) is 2.29. The Kier molecular flexibility index (Phi) is 5.52. The predicted molar refractivity (Wildman–Crippen MR) is 71.3 cm³/mol. The van der Waals surface area contributed by atoms with Gasteiger partial charge in [0.2, 0.25) is 0 Å². The van der Waals surface area contributed by atoms with Crippen molar-refractivity contribution in [1.29, 1.82) is 0 Å². The number of aliphatic hydroxyl groups excluding tert-OH is 1. The number of carboxylic acid groups (broad SMARTS) is 1. The fourth-order valence-electron chi connectivity index (χ4n) is 1.19. The highest BCUT2D eigenvalue weighted by molar-refractivity contribution is 9.10. The van der Waals surface area contributed by atoms with Gasteiger partial charge in [-0.2, -0.15) is 0 Å². The van der Waals surface area contributed by atoms with Gasteiger partial charge in [0.05, 0.1) is 22.7 Å². The van der Waals surface area contributed by atoms with Crippen molar-refractivity contribution in [2.24, 2.45) is 0 Å². The Morgan fingerprint density at radius 2 is 2.18 bits per heavy atom. The van der Waals surface area contributed by atoms with Gasteiger partial charge in [0.15, 0.2) is 0 Å². The maximum absolute atomic E-state index is 11.1. The third kappa shape index (κ3) is 3.74. The minimum Gasteiger partial charge on any atom is -0.478 e. The first-order chi connectivity index (χ1) is 7.97. The molecule has 0 radical (unpaired) electrons. The Bertz CT molecular complexity index is 428. The standard InChI is InChI=1S/C10H10BrCl2NO3/c11-6-1-2-7(14-4-5(15)3-12)8(9(6)13)10(16)17/h1-2,5,14-15H,3-4H2,(H,16,17). The molecule has 0 aliphatic heterocycles. The number of hydrogen-bond acceptors (Lipinski definition) is 3. The lowest BCUT2D eigenvalue weighted by Gasteiger charge is -2.13. The molecule has 0 bridgehead atoms. The monoisotopic (exact) mass is 341 g/mol. The Morgan fingerprint density at radius 1 is 1.53 bits per heavy atom. The zero-order chi connectivity index (χ0) is 13.0. The number of aliphatic hydroxyl groups is 1. The largest absolute Gasteiger partial charge is 0.478 e.